The Morgan fingerprint density at radius 2 is 1.76 bits per heavy atom. The van der Waals surface area contributed by atoms with Crippen molar-refractivity contribution in [3.63, 3.8) is 0 Å². The summed E-state index contributed by atoms with van der Waals surface area (Å²) in [6, 6.07) is 15.7. The summed E-state index contributed by atoms with van der Waals surface area (Å²) in [5.74, 6) is 0. The molecule has 0 aliphatic heterocycles. The number of benzene rings is 2. The molecule has 1 N–H and O–H groups in total. The van der Waals surface area contributed by atoms with Gasteiger partial charge in [0.15, 0.2) is 0 Å². The van der Waals surface area contributed by atoms with Crippen LogP contribution in [0.3, 0.4) is 0 Å². The van der Waals surface area contributed by atoms with Gasteiger partial charge < -0.3 is 5.32 Å². The molecule has 3 rings (SSSR count). The van der Waals surface area contributed by atoms with Gasteiger partial charge in [0.1, 0.15) is 0 Å². The third-order valence-corrected chi connectivity index (χ3v) is 5.82. The number of rotatable bonds is 4. The summed E-state index contributed by atoms with van der Waals surface area (Å²) in [6.45, 7) is 0. The summed E-state index contributed by atoms with van der Waals surface area (Å²) in [5.41, 5.74) is 1.33. The molecule has 0 aliphatic carbocycles. The van der Waals surface area contributed by atoms with Gasteiger partial charge in [0.2, 0.25) is 0 Å². The van der Waals surface area contributed by atoms with Crippen LogP contribution in [0.5, 0.6) is 0 Å². The van der Waals surface area contributed by atoms with Crippen molar-refractivity contribution < 1.29 is 0 Å². The first-order valence-corrected chi connectivity index (χ1v) is 9.21. The lowest BCUT2D eigenvalue weighted by Gasteiger charge is -2.16. The molecule has 3 aromatic rings. The van der Waals surface area contributed by atoms with Gasteiger partial charge >= 0.3 is 0 Å². The average Bonchev–Trinajstić information content (AvgIpc) is 2.89. The second-order valence-electron chi connectivity index (χ2n) is 5.03. The molecule has 0 amide bonds. The highest BCUT2D eigenvalue weighted by atomic mass is 79.9. The second-order valence-corrected chi connectivity index (χ2v) is 7.85. The fourth-order valence-electron chi connectivity index (χ4n) is 2.50. The molecule has 21 heavy (non-hydrogen) atoms. The monoisotopic (exact) mass is 423 g/mol. The molecule has 1 aromatic heterocycles. The van der Waals surface area contributed by atoms with Crippen LogP contribution in [0.25, 0.3) is 10.8 Å². The molecular weight excluding hydrogens is 410 g/mol. The van der Waals surface area contributed by atoms with Crippen molar-refractivity contribution >= 4 is 54.0 Å². The van der Waals surface area contributed by atoms with Crippen LogP contribution in [-0.4, -0.2) is 7.05 Å². The summed E-state index contributed by atoms with van der Waals surface area (Å²) in [5, 5.41) is 8.12. The van der Waals surface area contributed by atoms with Gasteiger partial charge in [-0.1, -0.05) is 34.1 Å². The Labute approximate surface area is 145 Å². The van der Waals surface area contributed by atoms with Crippen LogP contribution in [0.15, 0.2) is 56.8 Å². The molecule has 0 saturated heterocycles. The number of halogens is 2. The molecule has 2 aromatic carbocycles. The van der Waals surface area contributed by atoms with E-state index in [9.17, 15) is 0 Å². The zero-order valence-corrected chi connectivity index (χ0v) is 15.6. The van der Waals surface area contributed by atoms with Crippen LogP contribution in [0.4, 0.5) is 0 Å². The first-order chi connectivity index (χ1) is 10.2. The lowest BCUT2D eigenvalue weighted by Crippen LogP contribution is -2.18. The zero-order valence-electron chi connectivity index (χ0n) is 11.6. The third-order valence-electron chi connectivity index (χ3n) is 3.60. The lowest BCUT2D eigenvalue weighted by atomic mass is 9.99. The molecule has 4 heteroatoms. The quantitative estimate of drug-likeness (QED) is 0.547. The summed E-state index contributed by atoms with van der Waals surface area (Å²) in [6.07, 6.45) is 1.01. The molecule has 1 nitrogen and oxygen atoms in total. The molecule has 0 saturated carbocycles. The maximum Gasteiger partial charge on any atom is 0.0366 e. The highest BCUT2D eigenvalue weighted by Crippen LogP contribution is 2.28. The first-order valence-electron chi connectivity index (χ1n) is 6.75. The summed E-state index contributed by atoms with van der Waals surface area (Å²) in [7, 11) is 2.03. The van der Waals surface area contributed by atoms with E-state index < -0.39 is 0 Å². The Hall–Kier alpha value is -0.680. The highest BCUT2D eigenvalue weighted by Gasteiger charge is 2.12. The van der Waals surface area contributed by atoms with Crippen LogP contribution in [0.2, 0.25) is 0 Å². The van der Waals surface area contributed by atoms with Crippen molar-refractivity contribution in [1.29, 1.82) is 0 Å². The second kappa shape index (κ2) is 6.61. The van der Waals surface area contributed by atoms with Gasteiger partial charge in [-0.15, -0.1) is 11.3 Å². The average molecular weight is 425 g/mol. The Bertz CT molecular complexity index is 766. The number of hydrogen-bond acceptors (Lipinski definition) is 2. The molecule has 1 unspecified atom stereocenters. The maximum atomic E-state index is 3.53. The van der Waals surface area contributed by atoms with E-state index in [-0.39, 0.29) is 0 Å². The molecular formula is C17H15Br2NS. The molecule has 1 atom stereocenters. The topological polar surface area (TPSA) is 12.0 Å². The van der Waals surface area contributed by atoms with Gasteiger partial charge in [0, 0.05) is 31.7 Å². The maximum absolute atomic E-state index is 3.53. The minimum absolute atomic E-state index is 0.337. The molecule has 0 aliphatic rings. The van der Waals surface area contributed by atoms with Gasteiger partial charge in [-0.25, -0.2) is 0 Å². The standard InChI is InChI=1S/C17H15Br2NS/c1-20-17(9-16-8-15(19)10-21-16)13-3-2-12-7-14(18)5-4-11(12)6-13/h2-8,10,17,20H,9H2,1H3. The van der Waals surface area contributed by atoms with Crippen LogP contribution in [0.1, 0.15) is 16.5 Å². The van der Waals surface area contributed by atoms with Gasteiger partial charge in [0.25, 0.3) is 0 Å². The predicted molar refractivity (Wildman–Crippen MR) is 99.2 cm³/mol. The third kappa shape index (κ3) is 3.57. The number of fused-ring (bicyclic) bond motifs is 1. The summed E-state index contributed by atoms with van der Waals surface area (Å²) in [4.78, 5) is 1.39. The van der Waals surface area contributed by atoms with E-state index in [0.717, 1.165) is 10.9 Å². The SMILES string of the molecule is CNC(Cc1cc(Br)cs1)c1ccc2cc(Br)ccc2c1. The van der Waals surface area contributed by atoms with Crippen molar-refractivity contribution in [3.05, 3.63) is 67.2 Å². The van der Waals surface area contributed by atoms with Crippen molar-refractivity contribution in [3.8, 4) is 0 Å². The van der Waals surface area contributed by atoms with E-state index >= 15 is 0 Å². The first kappa shape index (κ1) is 15.2. The van der Waals surface area contributed by atoms with E-state index in [1.54, 1.807) is 11.3 Å². The lowest BCUT2D eigenvalue weighted by molar-refractivity contribution is 0.597. The van der Waals surface area contributed by atoms with Crippen molar-refractivity contribution in [2.45, 2.75) is 12.5 Å². The Morgan fingerprint density at radius 1 is 1.00 bits per heavy atom. The van der Waals surface area contributed by atoms with Gasteiger partial charge in [-0.05, 0) is 63.6 Å². The Balaban J connectivity index is 1.91. The van der Waals surface area contributed by atoms with Crippen molar-refractivity contribution in [2.24, 2.45) is 0 Å². The Morgan fingerprint density at radius 3 is 2.48 bits per heavy atom. The van der Waals surface area contributed by atoms with E-state index in [0.29, 0.717) is 6.04 Å². The normalized spacial score (nSPS) is 12.7. The largest absolute Gasteiger partial charge is 0.313 e. The van der Waals surface area contributed by atoms with Crippen molar-refractivity contribution in [1.82, 2.24) is 5.32 Å². The summed E-state index contributed by atoms with van der Waals surface area (Å²) < 4.78 is 2.29. The van der Waals surface area contributed by atoms with Crippen LogP contribution in [0, 0.1) is 0 Å². The smallest absolute Gasteiger partial charge is 0.0366 e. The number of likely N-dealkylation sites (N-methyl/N-ethyl adjacent to an activating group) is 1. The number of nitrogens with one attached hydrogen (secondary N) is 1. The zero-order chi connectivity index (χ0) is 14.8. The van der Waals surface area contributed by atoms with E-state index in [1.807, 2.05) is 7.05 Å². The predicted octanol–water partition coefficient (Wildman–Crippen LogP) is 5.93. The van der Waals surface area contributed by atoms with Gasteiger partial charge in [-0.2, -0.15) is 0 Å². The van der Waals surface area contributed by atoms with Crippen LogP contribution in [-0.2, 0) is 6.42 Å². The number of thiophene rings is 1. The fraction of sp³-hybridized carbons (Fsp3) is 0.176. The van der Waals surface area contributed by atoms with E-state index in [1.165, 1.54) is 25.7 Å². The minimum Gasteiger partial charge on any atom is -0.313 e. The van der Waals surface area contributed by atoms with Crippen LogP contribution >= 0.6 is 43.2 Å². The van der Waals surface area contributed by atoms with E-state index in [2.05, 4.69) is 85.0 Å². The fourth-order valence-corrected chi connectivity index (χ4v) is 4.38. The molecule has 1 heterocycles. The van der Waals surface area contributed by atoms with Gasteiger partial charge in [0.05, 0.1) is 0 Å². The molecule has 0 fully saturated rings. The van der Waals surface area contributed by atoms with Crippen molar-refractivity contribution in [2.75, 3.05) is 7.05 Å². The van der Waals surface area contributed by atoms with E-state index in [4.69, 9.17) is 0 Å². The summed E-state index contributed by atoms with van der Waals surface area (Å²) >= 11 is 8.85. The number of hydrogen-bond donors (Lipinski definition) is 1. The van der Waals surface area contributed by atoms with Gasteiger partial charge in [-0.3, -0.25) is 0 Å². The molecule has 0 bridgehead atoms. The Kier molecular flexibility index (Phi) is 4.79. The molecule has 108 valence electrons. The minimum atomic E-state index is 0.337. The highest BCUT2D eigenvalue weighted by molar-refractivity contribution is 9.10. The molecule has 0 radical (unpaired) electrons. The van der Waals surface area contributed by atoms with Crippen LogP contribution < -0.4 is 5.32 Å². The molecule has 0 spiro atoms.